The first-order valence-corrected chi connectivity index (χ1v) is 19.6. The third-order valence-electron chi connectivity index (χ3n) is 12.0. The fraction of sp³-hybridized carbons (Fsp3) is 0.113. The van der Waals surface area contributed by atoms with Crippen molar-refractivity contribution in [1.29, 1.82) is 0 Å². The number of aromatic nitrogens is 1. The average Bonchev–Trinajstić information content (AvgIpc) is 3.25. The molecule has 2 aliphatic heterocycles. The highest BCUT2D eigenvalue weighted by molar-refractivity contribution is 5.92. The molecular formula is C53H43N3. The van der Waals surface area contributed by atoms with Crippen molar-refractivity contribution in [1.82, 2.24) is 4.98 Å². The summed E-state index contributed by atoms with van der Waals surface area (Å²) in [5.74, 6) is 0. The maximum Gasteiger partial charge on any atom is 0.0715 e. The Balaban J connectivity index is 1.17. The summed E-state index contributed by atoms with van der Waals surface area (Å²) in [6.45, 7) is 9.47. The topological polar surface area (TPSA) is 19.4 Å². The number of hydrogen-bond acceptors (Lipinski definition) is 3. The highest BCUT2D eigenvalue weighted by atomic mass is 15.2. The van der Waals surface area contributed by atoms with Crippen LogP contribution in [0, 0.1) is 0 Å². The standard InChI is InChI=1S/C53H43N3/c1-52(2)42-24-14-16-26-48(42)56(49-27-17-15-25-43(49)52)41-29-31-51-45(35-41)53(3,4)44-32-38(28-30-50(44)55(51)40-22-12-7-13-23-40)39-33-46(36-18-8-5-9-19-36)54-47(34-39)37-20-10-6-11-21-37/h5-35H,1-4H3. The van der Waals surface area contributed by atoms with Crippen LogP contribution in [0.25, 0.3) is 33.6 Å². The molecule has 3 heterocycles. The SMILES string of the molecule is CC1(C)c2ccccc2N(c2ccc3c(c2)C(C)(C)c2cc(-c4cc(-c5ccccc5)nc(-c5ccccc5)c4)ccc2N3c2ccccc2)c2ccccc21. The lowest BCUT2D eigenvalue weighted by Crippen LogP contribution is -2.32. The van der Waals surface area contributed by atoms with E-state index in [9.17, 15) is 0 Å². The van der Waals surface area contributed by atoms with Gasteiger partial charge in [-0.1, -0.05) is 149 Å². The molecule has 0 atom stereocenters. The van der Waals surface area contributed by atoms with Gasteiger partial charge in [0.1, 0.15) is 0 Å². The number of pyridine rings is 1. The van der Waals surface area contributed by atoms with Gasteiger partial charge < -0.3 is 9.80 Å². The molecule has 0 spiro atoms. The van der Waals surface area contributed by atoms with Gasteiger partial charge in [0.15, 0.2) is 0 Å². The molecule has 0 saturated carbocycles. The Morgan fingerprint density at radius 3 is 1.32 bits per heavy atom. The molecule has 0 fully saturated rings. The van der Waals surface area contributed by atoms with E-state index >= 15 is 0 Å². The molecule has 270 valence electrons. The van der Waals surface area contributed by atoms with Crippen LogP contribution < -0.4 is 9.80 Å². The summed E-state index contributed by atoms with van der Waals surface area (Å²) in [5.41, 5.74) is 18.4. The van der Waals surface area contributed by atoms with Crippen molar-refractivity contribution in [2.45, 2.75) is 38.5 Å². The van der Waals surface area contributed by atoms with Crippen LogP contribution in [0.4, 0.5) is 34.1 Å². The zero-order valence-corrected chi connectivity index (χ0v) is 32.2. The summed E-state index contributed by atoms with van der Waals surface area (Å²) < 4.78 is 0. The second kappa shape index (κ2) is 13.0. The van der Waals surface area contributed by atoms with Crippen LogP contribution in [0.15, 0.2) is 188 Å². The molecule has 3 nitrogen and oxygen atoms in total. The van der Waals surface area contributed by atoms with Gasteiger partial charge in [-0.3, -0.25) is 0 Å². The molecule has 0 bridgehead atoms. The maximum absolute atomic E-state index is 5.18. The van der Waals surface area contributed by atoms with Crippen LogP contribution in [0.3, 0.4) is 0 Å². The smallest absolute Gasteiger partial charge is 0.0715 e. The van der Waals surface area contributed by atoms with E-state index in [-0.39, 0.29) is 10.8 Å². The fourth-order valence-corrected chi connectivity index (χ4v) is 9.06. The van der Waals surface area contributed by atoms with Gasteiger partial charge in [-0.15, -0.1) is 0 Å². The van der Waals surface area contributed by atoms with E-state index in [1.165, 1.54) is 50.6 Å². The van der Waals surface area contributed by atoms with E-state index in [1.54, 1.807) is 0 Å². The Morgan fingerprint density at radius 2 is 0.750 bits per heavy atom. The fourth-order valence-electron chi connectivity index (χ4n) is 9.06. The summed E-state index contributed by atoms with van der Waals surface area (Å²) in [6, 6.07) is 68.2. The highest BCUT2D eigenvalue weighted by Gasteiger charge is 2.40. The first kappa shape index (κ1) is 33.8. The number of fused-ring (bicyclic) bond motifs is 4. The first-order chi connectivity index (χ1) is 27.3. The van der Waals surface area contributed by atoms with Crippen LogP contribution in [-0.2, 0) is 10.8 Å². The van der Waals surface area contributed by atoms with Gasteiger partial charge >= 0.3 is 0 Å². The summed E-state index contributed by atoms with van der Waals surface area (Å²) in [4.78, 5) is 10.1. The Kier molecular flexibility index (Phi) is 7.83. The minimum atomic E-state index is -0.326. The van der Waals surface area contributed by atoms with Gasteiger partial charge in [-0.2, -0.15) is 0 Å². The van der Waals surface area contributed by atoms with E-state index in [4.69, 9.17) is 4.98 Å². The van der Waals surface area contributed by atoms with Crippen LogP contribution in [0.2, 0.25) is 0 Å². The van der Waals surface area contributed by atoms with Crippen LogP contribution in [0.5, 0.6) is 0 Å². The van der Waals surface area contributed by atoms with E-state index in [0.29, 0.717) is 0 Å². The Bertz CT molecular complexity index is 2640. The van der Waals surface area contributed by atoms with Crippen molar-refractivity contribution in [2.75, 3.05) is 9.80 Å². The second-order valence-electron chi connectivity index (χ2n) is 16.1. The number of benzene rings is 7. The van der Waals surface area contributed by atoms with Crippen molar-refractivity contribution in [3.05, 3.63) is 210 Å². The normalized spacial score (nSPS) is 14.6. The second-order valence-corrected chi connectivity index (χ2v) is 16.1. The average molecular weight is 722 g/mol. The van der Waals surface area contributed by atoms with Gasteiger partial charge in [0.2, 0.25) is 0 Å². The lowest BCUT2D eigenvalue weighted by atomic mass is 9.72. The molecule has 0 unspecified atom stereocenters. The summed E-state index contributed by atoms with van der Waals surface area (Å²) >= 11 is 0. The van der Waals surface area contributed by atoms with Crippen LogP contribution >= 0.6 is 0 Å². The Labute approximate surface area is 330 Å². The van der Waals surface area contributed by atoms with Crippen LogP contribution in [0.1, 0.15) is 49.9 Å². The predicted octanol–water partition coefficient (Wildman–Crippen LogP) is 14.3. The Morgan fingerprint density at radius 1 is 0.321 bits per heavy atom. The van der Waals surface area contributed by atoms with Gasteiger partial charge in [0.25, 0.3) is 0 Å². The molecule has 0 N–H and O–H groups in total. The largest absolute Gasteiger partial charge is 0.310 e. The summed E-state index contributed by atoms with van der Waals surface area (Å²) in [6.07, 6.45) is 0. The summed E-state index contributed by atoms with van der Waals surface area (Å²) in [5, 5.41) is 0. The molecular weight excluding hydrogens is 679 g/mol. The van der Waals surface area contributed by atoms with E-state index < -0.39 is 0 Å². The molecule has 56 heavy (non-hydrogen) atoms. The Hall–Kier alpha value is -6.71. The van der Waals surface area contributed by atoms with Gasteiger partial charge in [0, 0.05) is 33.3 Å². The first-order valence-electron chi connectivity index (χ1n) is 19.6. The number of nitrogens with zero attached hydrogens (tertiary/aromatic N) is 3. The van der Waals surface area contributed by atoms with Crippen molar-refractivity contribution in [3.63, 3.8) is 0 Å². The predicted molar refractivity (Wildman–Crippen MR) is 234 cm³/mol. The van der Waals surface area contributed by atoms with Gasteiger partial charge in [0.05, 0.1) is 34.1 Å². The maximum atomic E-state index is 5.18. The van der Waals surface area contributed by atoms with Crippen LogP contribution in [-0.4, -0.2) is 4.98 Å². The lowest BCUT2D eigenvalue weighted by Gasteiger charge is -2.44. The quantitative estimate of drug-likeness (QED) is 0.176. The van der Waals surface area contributed by atoms with E-state index in [2.05, 4.69) is 226 Å². The highest BCUT2D eigenvalue weighted by Crippen LogP contribution is 2.56. The minimum Gasteiger partial charge on any atom is -0.310 e. The number of para-hydroxylation sites is 3. The van der Waals surface area contributed by atoms with Gasteiger partial charge in [-0.25, -0.2) is 4.98 Å². The lowest BCUT2D eigenvalue weighted by molar-refractivity contribution is 0.628. The molecule has 8 aromatic rings. The zero-order chi connectivity index (χ0) is 38.0. The van der Waals surface area contributed by atoms with E-state index in [0.717, 1.165) is 39.5 Å². The molecule has 1 aromatic heterocycles. The molecule has 0 amide bonds. The monoisotopic (exact) mass is 721 g/mol. The number of anilines is 6. The molecule has 2 aliphatic rings. The summed E-state index contributed by atoms with van der Waals surface area (Å²) in [7, 11) is 0. The number of rotatable bonds is 5. The molecule has 10 rings (SSSR count). The third-order valence-corrected chi connectivity index (χ3v) is 12.0. The third kappa shape index (κ3) is 5.38. The van der Waals surface area contributed by atoms with Crippen molar-refractivity contribution >= 4 is 34.1 Å². The molecule has 3 heteroatoms. The van der Waals surface area contributed by atoms with Crippen molar-refractivity contribution < 1.29 is 0 Å². The molecule has 7 aromatic carbocycles. The minimum absolute atomic E-state index is 0.121. The molecule has 0 saturated heterocycles. The molecule has 0 radical (unpaired) electrons. The van der Waals surface area contributed by atoms with Crippen molar-refractivity contribution in [2.24, 2.45) is 0 Å². The number of hydrogen-bond donors (Lipinski definition) is 0. The van der Waals surface area contributed by atoms with E-state index in [1.807, 2.05) is 0 Å². The molecule has 0 aliphatic carbocycles. The van der Waals surface area contributed by atoms with Crippen molar-refractivity contribution in [3.8, 4) is 33.6 Å². The zero-order valence-electron chi connectivity index (χ0n) is 32.2. The van der Waals surface area contributed by atoms with Gasteiger partial charge in [-0.05, 0) is 100 Å².